The number of halogens is 1. The van der Waals surface area contributed by atoms with Gasteiger partial charge in [0, 0.05) is 10.4 Å². The molecule has 17 heavy (non-hydrogen) atoms. The van der Waals surface area contributed by atoms with E-state index >= 15 is 0 Å². The Bertz CT molecular complexity index is 758. The van der Waals surface area contributed by atoms with E-state index in [0.29, 0.717) is 15.9 Å². The summed E-state index contributed by atoms with van der Waals surface area (Å²) in [5.41, 5.74) is -0.183. The fraction of sp³-hybridized carbons (Fsp3) is 0. The van der Waals surface area contributed by atoms with Gasteiger partial charge in [-0.1, -0.05) is 17.7 Å². The lowest BCUT2D eigenvalue weighted by molar-refractivity contribution is 0.324. The second kappa shape index (κ2) is 3.18. The molecule has 0 radical (unpaired) electrons. The van der Waals surface area contributed by atoms with Gasteiger partial charge in [0.2, 0.25) is 5.88 Å². The van der Waals surface area contributed by atoms with Gasteiger partial charge in [0.05, 0.1) is 11.1 Å². The molecule has 2 aliphatic rings. The van der Waals surface area contributed by atoms with Gasteiger partial charge in [-0.2, -0.15) is 0 Å². The van der Waals surface area contributed by atoms with E-state index in [1.807, 2.05) is 0 Å². The highest BCUT2D eigenvalue weighted by Gasteiger charge is 2.25. The number of H-pyrrole nitrogens is 1. The molecule has 1 aromatic rings. The molecule has 0 bridgehead atoms. The van der Waals surface area contributed by atoms with Crippen LogP contribution in [-0.2, 0) is 0 Å². The molecule has 0 spiro atoms. The molecule has 2 aliphatic heterocycles. The lowest BCUT2D eigenvalue weighted by atomic mass is 10.0. The first-order valence-electron chi connectivity index (χ1n) is 4.74. The van der Waals surface area contributed by atoms with Crippen LogP contribution < -0.4 is 5.63 Å². The molecule has 3 N–H and O–H groups in total. The molecule has 0 saturated carbocycles. The molecule has 0 unspecified atom stereocenters. The second-order valence-corrected chi connectivity index (χ2v) is 4.04. The maximum atomic E-state index is 11.4. The van der Waals surface area contributed by atoms with E-state index in [0.717, 1.165) is 0 Å². The van der Waals surface area contributed by atoms with Gasteiger partial charge in [0.1, 0.15) is 5.56 Å². The summed E-state index contributed by atoms with van der Waals surface area (Å²) in [7, 11) is 0. The predicted octanol–water partition coefficient (Wildman–Crippen LogP) is 2.29. The Balaban J connectivity index is 2.61. The normalized spacial score (nSPS) is 11.4. The van der Waals surface area contributed by atoms with E-state index in [2.05, 4.69) is 9.40 Å². The Labute approximate surface area is 99.2 Å². The van der Waals surface area contributed by atoms with Crippen molar-refractivity contribution < 1.29 is 14.6 Å². The lowest BCUT2D eigenvalue weighted by Crippen LogP contribution is -1.97. The topological polar surface area (TPSA) is 86.5 Å². The summed E-state index contributed by atoms with van der Waals surface area (Å²) in [5, 5.41) is 20.3. The summed E-state index contributed by atoms with van der Waals surface area (Å²) in [6, 6.07) is 4.82. The van der Waals surface area contributed by atoms with Gasteiger partial charge in [-0.05, 0) is 12.1 Å². The lowest BCUT2D eigenvalue weighted by Gasteiger charge is -2.06. The number of furan rings is 1. The Morgan fingerprint density at radius 2 is 2.00 bits per heavy atom. The molecule has 0 saturated heterocycles. The number of hydrogen-bond donors (Lipinski definition) is 3. The predicted molar refractivity (Wildman–Crippen MR) is 61.8 cm³/mol. The number of pyridine rings is 1. The number of aromatic amines is 1. The zero-order valence-electron chi connectivity index (χ0n) is 8.32. The molecular formula is C11H6ClNO4. The van der Waals surface area contributed by atoms with Crippen molar-refractivity contribution in [2.45, 2.75) is 0 Å². The van der Waals surface area contributed by atoms with Crippen molar-refractivity contribution in [2.24, 2.45) is 0 Å². The minimum atomic E-state index is -0.789. The SMILES string of the molecule is O=c1oc(O)c2c3ccc(Cl)cc3[nH]c(O)c1-2. The Morgan fingerprint density at radius 1 is 1.24 bits per heavy atom. The maximum Gasteiger partial charge on any atom is 0.352 e. The quantitative estimate of drug-likeness (QED) is 0.572. The van der Waals surface area contributed by atoms with Gasteiger partial charge in [0.15, 0.2) is 0 Å². The summed E-state index contributed by atoms with van der Waals surface area (Å²) >= 11 is 5.82. The van der Waals surface area contributed by atoms with Crippen LogP contribution in [0.5, 0.6) is 11.8 Å². The summed E-state index contributed by atoms with van der Waals surface area (Å²) in [6.45, 7) is 0. The Kier molecular flexibility index (Phi) is 1.88. The van der Waals surface area contributed by atoms with Gasteiger partial charge in [-0.3, -0.25) is 0 Å². The third-order valence-electron chi connectivity index (χ3n) is 2.60. The highest BCUT2D eigenvalue weighted by molar-refractivity contribution is 6.31. The molecule has 3 rings (SSSR count). The van der Waals surface area contributed by atoms with Crippen molar-refractivity contribution in [1.82, 2.24) is 4.98 Å². The highest BCUT2D eigenvalue weighted by Crippen LogP contribution is 2.40. The number of fused-ring (bicyclic) bond motifs is 3. The van der Waals surface area contributed by atoms with Crippen molar-refractivity contribution in [1.29, 1.82) is 0 Å². The first-order valence-corrected chi connectivity index (χ1v) is 5.11. The van der Waals surface area contributed by atoms with Gasteiger partial charge in [0.25, 0.3) is 5.95 Å². The smallest absolute Gasteiger partial charge is 0.352 e. The molecule has 2 heterocycles. The monoisotopic (exact) mass is 251 g/mol. The zero-order chi connectivity index (χ0) is 12.2. The fourth-order valence-corrected chi connectivity index (χ4v) is 2.06. The van der Waals surface area contributed by atoms with Gasteiger partial charge >= 0.3 is 5.63 Å². The first-order chi connectivity index (χ1) is 8.08. The molecule has 0 fully saturated rings. The van der Waals surface area contributed by atoms with Crippen LogP contribution in [0.1, 0.15) is 0 Å². The van der Waals surface area contributed by atoms with Crippen molar-refractivity contribution in [3.63, 3.8) is 0 Å². The molecule has 1 aromatic carbocycles. The molecule has 5 nitrogen and oxygen atoms in total. The van der Waals surface area contributed by atoms with Crippen LogP contribution in [0.15, 0.2) is 27.4 Å². The van der Waals surface area contributed by atoms with Crippen LogP contribution in [0, 0.1) is 0 Å². The van der Waals surface area contributed by atoms with E-state index in [-0.39, 0.29) is 17.0 Å². The molecule has 86 valence electrons. The average Bonchev–Trinajstić information content (AvgIpc) is 2.55. The largest absolute Gasteiger partial charge is 0.494 e. The maximum absolute atomic E-state index is 11.4. The van der Waals surface area contributed by atoms with Gasteiger partial charge in [-0.15, -0.1) is 0 Å². The number of aromatic hydroxyl groups is 2. The molecule has 0 aliphatic carbocycles. The highest BCUT2D eigenvalue weighted by atomic mass is 35.5. The summed E-state index contributed by atoms with van der Waals surface area (Å²) in [4.78, 5) is 14.0. The molecule has 0 amide bonds. The van der Waals surface area contributed by atoms with E-state index in [1.165, 1.54) is 0 Å². The first kappa shape index (κ1) is 10.0. The van der Waals surface area contributed by atoms with Gasteiger partial charge < -0.3 is 19.6 Å². The minimum absolute atomic E-state index is 0.0719. The summed E-state index contributed by atoms with van der Waals surface area (Å²) in [6.07, 6.45) is 0. The van der Waals surface area contributed by atoms with Crippen LogP contribution in [0.2, 0.25) is 5.02 Å². The molecular weight excluding hydrogens is 246 g/mol. The van der Waals surface area contributed by atoms with Crippen molar-refractivity contribution in [3.8, 4) is 23.0 Å². The summed E-state index contributed by atoms with van der Waals surface area (Å²) < 4.78 is 4.57. The number of hydrogen-bond acceptors (Lipinski definition) is 4. The van der Waals surface area contributed by atoms with Crippen molar-refractivity contribution in [3.05, 3.63) is 33.6 Å². The van der Waals surface area contributed by atoms with E-state index in [1.54, 1.807) is 18.2 Å². The number of nitrogens with one attached hydrogen (secondary N) is 1. The Morgan fingerprint density at radius 3 is 2.76 bits per heavy atom. The second-order valence-electron chi connectivity index (χ2n) is 3.61. The zero-order valence-corrected chi connectivity index (χ0v) is 9.08. The minimum Gasteiger partial charge on any atom is -0.494 e. The third-order valence-corrected chi connectivity index (χ3v) is 2.83. The van der Waals surface area contributed by atoms with E-state index < -0.39 is 11.6 Å². The van der Waals surface area contributed by atoms with Crippen molar-refractivity contribution in [2.75, 3.05) is 0 Å². The number of rotatable bonds is 0. The standard InChI is InChI=1S/C11H6ClNO4/c12-4-1-2-5-6(3-4)13-9(14)8-7(5)10(15)17-11(8)16/h1-3,13-15H. The summed E-state index contributed by atoms with van der Waals surface area (Å²) in [5.74, 6) is -0.870. The van der Waals surface area contributed by atoms with E-state index in [9.17, 15) is 15.0 Å². The molecule has 6 heteroatoms. The average molecular weight is 252 g/mol. The van der Waals surface area contributed by atoms with E-state index in [4.69, 9.17) is 11.6 Å². The number of aromatic nitrogens is 1. The van der Waals surface area contributed by atoms with Crippen LogP contribution in [-0.4, -0.2) is 15.2 Å². The van der Waals surface area contributed by atoms with Crippen LogP contribution in [0.25, 0.3) is 22.0 Å². The van der Waals surface area contributed by atoms with Crippen LogP contribution in [0.3, 0.4) is 0 Å². The van der Waals surface area contributed by atoms with Crippen LogP contribution >= 0.6 is 11.6 Å². The molecule has 0 atom stereocenters. The molecule has 0 aromatic heterocycles. The Hall–Kier alpha value is -2.14. The van der Waals surface area contributed by atoms with Gasteiger partial charge in [-0.25, -0.2) is 4.79 Å². The van der Waals surface area contributed by atoms with Crippen molar-refractivity contribution >= 4 is 22.5 Å². The van der Waals surface area contributed by atoms with Crippen LogP contribution in [0.4, 0.5) is 0 Å². The number of benzene rings is 1. The fourth-order valence-electron chi connectivity index (χ4n) is 1.89. The third kappa shape index (κ3) is 1.29.